The second-order valence-corrected chi connectivity index (χ2v) is 4.48. The molecule has 20 heavy (non-hydrogen) atoms. The van der Waals surface area contributed by atoms with Crippen LogP contribution in [0.2, 0.25) is 0 Å². The number of benzene rings is 2. The molecule has 0 saturated heterocycles. The first kappa shape index (κ1) is 12.2. The van der Waals surface area contributed by atoms with Crippen LogP contribution in [0.3, 0.4) is 0 Å². The highest BCUT2D eigenvalue weighted by molar-refractivity contribution is 5.63. The summed E-state index contributed by atoms with van der Waals surface area (Å²) in [7, 11) is 0. The van der Waals surface area contributed by atoms with Gasteiger partial charge in [0.15, 0.2) is 0 Å². The number of nitrogens with zero attached hydrogens (tertiary/aromatic N) is 3. The molecule has 3 aromatic rings. The topological polar surface area (TPSA) is 41.6 Å². The summed E-state index contributed by atoms with van der Waals surface area (Å²) in [5.41, 5.74) is 3.85. The van der Waals surface area contributed by atoms with E-state index in [1.165, 1.54) is 0 Å². The molecule has 0 aliphatic rings. The number of nitriles is 1. The van der Waals surface area contributed by atoms with Crippen LogP contribution in [-0.4, -0.2) is 9.78 Å². The zero-order valence-corrected chi connectivity index (χ0v) is 10.9. The Balaban J connectivity index is 2.11. The van der Waals surface area contributed by atoms with E-state index in [1.54, 1.807) is 0 Å². The Morgan fingerprint density at radius 1 is 0.950 bits per heavy atom. The lowest BCUT2D eigenvalue weighted by atomic mass is 10.1. The second kappa shape index (κ2) is 5.41. The third kappa shape index (κ3) is 2.32. The molecule has 0 atom stereocenters. The SMILES string of the molecule is N#CCc1cn(-c2ccccc2)nc1-c1ccccc1. The van der Waals surface area contributed by atoms with E-state index >= 15 is 0 Å². The van der Waals surface area contributed by atoms with E-state index in [1.807, 2.05) is 71.5 Å². The molecule has 1 heterocycles. The second-order valence-electron chi connectivity index (χ2n) is 4.48. The van der Waals surface area contributed by atoms with Gasteiger partial charge in [-0.2, -0.15) is 10.4 Å². The maximum atomic E-state index is 8.98. The van der Waals surface area contributed by atoms with Crippen LogP contribution < -0.4 is 0 Å². The Morgan fingerprint density at radius 2 is 1.60 bits per heavy atom. The Bertz CT molecular complexity index is 737. The predicted octanol–water partition coefficient (Wildman–Crippen LogP) is 3.61. The van der Waals surface area contributed by atoms with Gasteiger partial charge >= 0.3 is 0 Å². The van der Waals surface area contributed by atoms with Gasteiger partial charge in [0.1, 0.15) is 0 Å². The third-order valence-electron chi connectivity index (χ3n) is 3.13. The molecular formula is C17H13N3. The summed E-state index contributed by atoms with van der Waals surface area (Å²) in [6.07, 6.45) is 2.29. The van der Waals surface area contributed by atoms with Crippen LogP contribution in [0.1, 0.15) is 5.56 Å². The van der Waals surface area contributed by atoms with Crippen LogP contribution in [0, 0.1) is 11.3 Å². The summed E-state index contributed by atoms with van der Waals surface area (Å²) in [6.45, 7) is 0. The number of hydrogen-bond acceptors (Lipinski definition) is 2. The van der Waals surface area contributed by atoms with E-state index in [4.69, 9.17) is 5.26 Å². The first-order valence-electron chi connectivity index (χ1n) is 6.45. The zero-order valence-electron chi connectivity index (χ0n) is 10.9. The third-order valence-corrected chi connectivity index (χ3v) is 3.13. The summed E-state index contributed by atoms with van der Waals surface area (Å²) in [6, 6.07) is 22.1. The first-order chi connectivity index (χ1) is 9.88. The smallest absolute Gasteiger partial charge is 0.0970 e. The lowest BCUT2D eigenvalue weighted by Crippen LogP contribution is -1.93. The summed E-state index contributed by atoms with van der Waals surface area (Å²) in [5.74, 6) is 0. The average molecular weight is 259 g/mol. The molecule has 0 unspecified atom stereocenters. The molecular weight excluding hydrogens is 246 g/mol. The maximum Gasteiger partial charge on any atom is 0.0970 e. The molecule has 0 N–H and O–H groups in total. The minimum Gasteiger partial charge on any atom is -0.240 e. The molecule has 2 aromatic carbocycles. The lowest BCUT2D eigenvalue weighted by Gasteiger charge is -2.00. The van der Waals surface area contributed by atoms with Crippen molar-refractivity contribution in [3.8, 4) is 23.0 Å². The maximum absolute atomic E-state index is 8.98. The van der Waals surface area contributed by atoms with Crippen LogP contribution in [0.15, 0.2) is 66.9 Å². The molecule has 3 rings (SSSR count). The normalized spacial score (nSPS) is 10.2. The van der Waals surface area contributed by atoms with Crippen molar-refractivity contribution in [3.63, 3.8) is 0 Å². The molecule has 0 aliphatic heterocycles. The van der Waals surface area contributed by atoms with E-state index < -0.39 is 0 Å². The first-order valence-corrected chi connectivity index (χ1v) is 6.45. The van der Waals surface area contributed by atoms with Gasteiger partial charge in [-0.15, -0.1) is 0 Å². The fourth-order valence-corrected chi connectivity index (χ4v) is 2.18. The summed E-state index contributed by atoms with van der Waals surface area (Å²) < 4.78 is 1.83. The van der Waals surface area contributed by atoms with Gasteiger partial charge in [-0.3, -0.25) is 0 Å². The highest BCUT2D eigenvalue weighted by atomic mass is 15.3. The van der Waals surface area contributed by atoms with Crippen LogP contribution >= 0.6 is 0 Å². The standard InChI is InChI=1S/C17H13N3/c18-12-11-15-13-20(16-9-5-2-6-10-16)19-17(15)14-7-3-1-4-8-14/h1-10,13H,11H2. The van der Waals surface area contributed by atoms with Crippen molar-refractivity contribution in [1.29, 1.82) is 5.26 Å². The van der Waals surface area contributed by atoms with Crippen molar-refractivity contribution in [3.05, 3.63) is 72.4 Å². The molecule has 0 bridgehead atoms. The Labute approximate surface area is 117 Å². The van der Waals surface area contributed by atoms with Crippen molar-refractivity contribution < 1.29 is 0 Å². The molecule has 0 fully saturated rings. The van der Waals surface area contributed by atoms with Gasteiger partial charge in [0.2, 0.25) is 0 Å². The van der Waals surface area contributed by atoms with Crippen molar-refractivity contribution in [1.82, 2.24) is 9.78 Å². The van der Waals surface area contributed by atoms with Crippen molar-refractivity contribution in [2.24, 2.45) is 0 Å². The summed E-state index contributed by atoms with van der Waals surface area (Å²) in [5, 5.41) is 13.6. The van der Waals surface area contributed by atoms with Gasteiger partial charge in [-0.1, -0.05) is 48.5 Å². The minimum absolute atomic E-state index is 0.358. The fourth-order valence-electron chi connectivity index (χ4n) is 2.18. The zero-order chi connectivity index (χ0) is 13.8. The summed E-state index contributed by atoms with van der Waals surface area (Å²) >= 11 is 0. The van der Waals surface area contributed by atoms with E-state index in [-0.39, 0.29) is 0 Å². The lowest BCUT2D eigenvalue weighted by molar-refractivity contribution is 0.883. The Hall–Kier alpha value is -2.86. The number of hydrogen-bond donors (Lipinski definition) is 0. The van der Waals surface area contributed by atoms with Gasteiger partial charge in [-0.05, 0) is 12.1 Å². The quantitative estimate of drug-likeness (QED) is 0.721. The molecule has 1 aromatic heterocycles. The minimum atomic E-state index is 0.358. The van der Waals surface area contributed by atoms with Crippen molar-refractivity contribution in [2.45, 2.75) is 6.42 Å². The Morgan fingerprint density at radius 3 is 2.25 bits per heavy atom. The van der Waals surface area contributed by atoms with Crippen molar-refractivity contribution >= 4 is 0 Å². The van der Waals surface area contributed by atoms with E-state index in [0.717, 1.165) is 22.5 Å². The molecule has 0 radical (unpaired) electrons. The molecule has 3 nitrogen and oxygen atoms in total. The van der Waals surface area contributed by atoms with Crippen LogP contribution in [-0.2, 0) is 6.42 Å². The van der Waals surface area contributed by atoms with E-state index in [2.05, 4.69) is 11.2 Å². The highest BCUT2D eigenvalue weighted by Crippen LogP contribution is 2.23. The largest absolute Gasteiger partial charge is 0.240 e. The molecule has 0 amide bonds. The van der Waals surface area contributed by atoms with Gasteiger partial charge < -0.3 is 0 Å². The van der Waals surface area contributed by atoms with Crippen LogP contribution in [0.4, 0.5) is 0 Å². The van der Waals surface area contributed by atoms with Gasteiger partial charge in [0, 0.05) is 17.3 Å². The van der Waals surface area contributed by atoms with Gasteiger partial charge in [-0.25, -0.2) is 4.68 Å². The monoisotopic (exact) mass is 259 g/mol. The number of rotatable bonds is 3. The molecule has 0 spiro atoms. The number of para-hydroxylation sites is 1. The average Bonchev–Trinajstić information content (AvgIpc) is 2.94. The van der Waals surface area contributed by atoms with Crippen LogP contribution in [0.25, 0.3) is 16.9 Å². The molecule has 0 aliphatic carbocycles. The molecule has 3 heteroatoms. The fraction of sp³-hybridized carbons (Fsp3) is 0.0588. The van der Waals surface area contributed by atoms with Gasteiger partial charge in [0.05, 0.1) is 23.9 Å². The number of aromatic nitrogens is 2. The predicted molar refractivity (Wildman–Crippen MR) is 78.3 cm³/mol. The summed E-state index contributed by atoms with van der Waals surface area (Å²) in [4.78, 5) is 0. The molecule has 96 valence electrons. The molecule has 0 saturated carbocycles. The van der Waals surface area contributed by atoms with E-state index in [9.17, 15) is 0 Å². The highest BCUT2D eigenvalue weighted by Gasteiger charge is 2.11. The van der Waals surface area contributed by atoms with Gasteiger partial charge in [0.25, 0.3) is 0 Å². The van der Waals surface area contributed by atoms with Crippen LogP contribution in [0.5, 0.6) is 0 Å². The van der Waals surface area contributed by atoms with E-state index in [0.29, 0.717) is 6.42 Å². The van der Waals surface area contributed by atoms with Crippen molar-refractivity contribution in [2.75, 3.05) is 0 Å². The Kier molecular flexibility index (Phi) is 3.30.